The Labute approximate surface area is 148 Å². The number of ketones is 1. The highest BCUT2D eigenvalue weighted by Crippen LogP contribution is 2.41. The van der Waals surface area contributed by atoms with E-state index in [0.717, 1.165) is 12.0 Å². The van der Waals surface area contributed by atoms with Crippen molar-refractivity contribution >= 4 is 5.78 Å². The van der Waals surface area contributed by atoms with Crippen molar-refractivity contribution in [2.75, 3.05) is 0 Å². The van der Waals surface area contributed by atoms with Gasteiger partial charge in [0.1, 0.15) is 0 Å². The molecule has 0 N–H and O–H groups in total. The standard InChI is InChI=1S/C23H32O/c1-8-9-11-17(2)12-10-13-18(3)14-15-21-20(5)22(24)19(4)16-23(21,6)7/h8-15,19H,16H2,1-7H3/b9-8+,12-10+,15-14+,17-11+,18-13+. The maximum atomic E-state index is 12.3. The van der Waals surface area contributed by atoms with E-state index in [-0.39, 0.29) is 11.3 Å². The molecule has 0 amide bonds. The predicted molar refractivity (Wildman–Crippen MR) is 106 cm³/mol. The maximum absolute atomic E-state index is 12.3. The predicted octanol–water partition coefficient (Wildman–Crippen LogP) is 6.52. The van der Waals surface area contributed by atoms with E-state index in [9.17, 15) is 4.79 Å². The Morgan fingerprint density at radius 3 is 2.29 bits per heavy atom. The SMILES string of the molecule is C/C=C/C=C(C)/C=C/C=C(C)/C=C/C1=C(C)C(=O)C(C)CC1(C)C. The van der Waals surface area contributed by atoms with E-state index in [1.807, 2.05) is 32.9 Å². The summed E-state index contributed by atoms with van der Waals surface area (Å²) >= 11 is 0. The monoisotopic (exact) mass is 324 g/mol. The number of carbonyl (C=O) groups excluding carboxylic acids is 1. The fraction of sp³-hybridized carbons (Fsp3) is 0.435. The Morgan fingerprint density at radius 1 is 1.08 bits per heavy atom. The summed E-state index contributed by atoms with van der Waals surface area (Å²) in [5, 5.41) is 0. The van der Waals surface area contributed by atoms with Crippen LogP contribution in [0.5, 0.6) is 0 Å². The van der Waals surface area contributed by atoms with E-state index in [1.165, 1.54) is 16.7 Å². The van der Waals surface area contributed by atoms with E-state index in [0.29, 0.717) is 5.78 Å². The van der Waals surface area contributed by atoms with Crippen molar-refractivity contribution in [1.29, 1.82) is 0 Å². The number of allylic oxidation sites excluding steroid dienone is 12. The van der Waals surface area contributed by atoms with Crippen molar-refractivity contribution in [2.45, 2.75) is 54.9 Å². The minimum Gasteiger partial charge on any atom is -0.294 e. The van der Waals surface area contributed by atoms with Crippen molar-refractivity contribution in [3.05, 3.63) is 70.9 Å². The topological polar surface area (TPSA) is 17.1 Å². The van der Waals surface area contributed by atoms with Crippen LogP contribution in [0.25, 0.3) is 0 Å². The van der Waals surface area contributed by atoms with Gasteiger partial charge in [-0.15, -0.1) is 0 Å². The second-order valence-electron chi connectivity index (χ2n) is 7.43. The van der Waals surface area contributed by atoms with Gasteiger partial charge in [-0.05, 0) is 50.7 Å². The molecule has 1 rings (SSSR count). The minimum absolute atomic E-state index is 0.0514. The molecule has 0 saturated heterocycles. The van der Waals surface area contributed by atoms with Gasteiger partial charge in [0.2, 0.25) is 0 Å². The number of carbonyl (C=O) groups is 1. The van der Waals surface area contributed by atoms with E-state index in [2.05, 4.69) is 64.2 Å². The molecule has 1 nitrogen and oxygen atoms in total. The van der Waals surface area contributed by atoms with Crippen molar-refractivity contribution < 1.29 is 4.79 Å². The molecule has 24 heavy (non-hydrogen) atoms. The average molecular weight is 325 g/mol. The Hall–Kier alpha value is -1.89. The first kappa shape index (κ1) is 20.2. The molecule has 0 aromatic carbocycles. The minimum atomic E-state index is 0.0514. The van der Waals surface area contributed by atoms with Gasteiger partial charge in [0.15, 0.2) is 5.78 Å². The smallest absolute Gasteiger partial charge is 0.161 e. The highest BCUT2D eigenvalue weighted by Gasteiger charge is 2.35. The third-order valence-electron chi connectivity index (χ3n) is 4.55. The summed E-state index contributed by atoms with van der Waals surface area (Å²) in [7, 11) is 0. The summed E-state index contributed by atoms with van der Waals surface area (Å²) in [4.78, 5) is 12.3. The molecule has 0 heterocycles. The van der Waals surface area contributed by atoms with Crippen LogP contribution >= 0.6 is 0 Å². The summed E-state index contributed by atoms with van der Waals surface area (Å²) in [5.41, 5.74) is 4.53. The van der Waals surface area contributed by atoms with E-state index in [1.54, 1.807) is 0 Å². The Kier molecular flexibility index (Phi) is 7.41. The lowest BCUT2D eigenvalue weighted by molar-refractivity contribution is -0.120. The average Bonchev–Trinajstić information content (AvgIpc) is 2.50. The summed E-state index contributed by atoms with van der Waals surface area (Å²) in [5.74, 6) is 0.420. The zero-order valence-corrected chi connectivity index (χ0v) is 16.3. The quantitative estimate of drug-likeness (QED) is 0.526. The van der Waals surface area contributed by atoms with Crippen LogP contribution in [-0.4, -0.2) is 5.78 Å². The van der Waals surface area contributed by atoms with Gasteiger partial charge in [-0.1, -0.05) is 80.5 Å². The van der Waals surface area contributed by atoms with Crippen molar-refractivity contribution in [2.24, 2.45) is 11.3 Å². The fourth-order valence-electron chi connectivity index (χ4n) is 3.25. The fourth-order valence-corrected chi connectivity index (χ4v) is 3.25. The number of hydrogen-bond acceptors (Lipinski definition) is 1. The number of rotatable bonds is 5. The molecule has 0 radical (unpaired) electrons. The van der Waals surface area contributed by atoms with Gasteiger partial charge in [0.25, 0.3) is 0 Å². The van der Waals surface area contributed by atoms with Crippen LogP contribution < -0.4 is 0 Å². The highest BCUT2D eigenvalue weighted by molar-refractivity contribution is 5.98. The van der Waals surface area contributed by atoms with Gasteiger partial charge in [0, 0.05) is 5.92 Å². The summed E-state index contributed by atoms with van der Waals surface area (Å²) < 4.78 is 0. The van der Waals surface area contributed by atoms with Crippen LogP contribution in [0.2, 0.25) is 0 Å². The lowest BCUT2D eigenvalue weighted by Crippen LogP contribution is -2.30. The molecule has 0 bridgehead atoms. The van der Waals surface area contributed by atoms with Crippen LogP contribution in [0.15, 0.2) is 70.9 Å². The molecule has 130 valence electrons. The van der Waals surface area contributed by atoms with Gasteiger partial charge in [-0.25, -0.2) is 0 Å². The molecule has 0 aromatic heterocycles. The Bertz CT molecular complexity index is 646. The van der Waals surface area contributed by atoms with Gasteiger partial charge >= 0.3 is 0 Å². The normalized spacial score (nSPS) is 23.3. The highest BCUT2D eigenvalue weighted by atomic mass is 16.1. The number of hydrogen-bond donors (Lipinski definition) is 0. The zero-order chi connectivity index (χ0) is 18.3. The molecule has 0 saturated carbocycles. The van der Waals surface area contributed by atoms with Crippen LogP contribution in [0, 0.1) is 11.3 Å². The summed E-state index contributed by atoms with van der Waals surface area (Å²) in [6.45, 7) is 14.6. The molecule has 1 heteroatoms. The van der Waals surface area contributed by atoms with Crippen LogP contribution in [0.1, 0.15) is 54.9 Å². The first-order chi connectivity index (χ1) is 11.2. The number of Topliss-reactive ketones (excluding diaryl/α,β-unsaturated/α-hetero) is 1. The van der Waals surface area contributed by atoms with Crippen molar-refractivity contribution in [1.82, 2.24) is 0 Å². The second-order valence-corrected chi connectivity index (χ2v) is 7.43. The van der Waals surface area contributed by atoms with Crippen LogP contribution in [0.4, 0.5) is 0 Å². The first-order valence-electron chi connectivity index (χ1n) is 8.77. The van der Waals surface area contributed by atoms with Crippen LogP contribution in [0.3, 0.4) is 0 Å². The lowest BCUT2D eigenvalue weighted by atomic mass is 9.68. The molecule has 0 aromatic rings. The first-order valence-corrected chi connectivity index (χ1v) is 8.77. The molecule has 1 unspecified atom stereocenters. The molecule has 1 atom stereocenters. The summed E-state index contributed by atoms with van der Waals surface area (Å²) in [6, 6.07) is 0. The molecule has 0 spiro atoms. The van der Waals surface area contributed by atoms with Crippen molar-refractivity contribution in [3.8, 4) is 0 Å². The summed E-state index contributed by atoms with van der Waals surface area (Å²) in [6.07, 6.45) is 17.6. The van der Waals surface area contributed by atoms with Gasteiger partial charge in [-0.2, -0.15) is 0 Å². The van der Waals surface area contributed by atoms with E-state index < -0.39 is 0 Å². The second kappa shape index (κ2) is 8.82. The molecule has 0 fully saturated rings. The largest absolute Gasteiger partial charge is 0.294 e. The molecular weight excluding hydrogens is 292 g/mol. The molecular formula is C23H32O. The lowest BCUT2D eigenvalue weighted by Gasteiger charge is -2.35. The Morgan fingerprint density at radius 2 is 1.67 bits per heavy atom. The maximum Gasteiger partial charge on any atom is 0.161 e. The van der Waals surface area contributed by atoms with E-state index >= 15 is 0 Å². The Balaban J connectivity index is 2.93. The van der Waals surface area contributed by atoms with Crippen molar-refractivity contribution in [3.63, 3.8) is 0 Å². The molecule has 1 aliphatic rings. The third kappa shape index (κ3) is 5.63. The molecule has 1 aliphatic carbocycles. The van der Waals surface area contributed by atoms with Gasteiger partial charge < -0.3 is 0 Å². The van der Waals surface area contributed by atoms with E-state index in [4.69, 9.17) is 0 Å². The van der Waals surface area contributed by atoms with Crippen LogP contribution in [-0.2, 0) is 4.79 Å². The van der Waals surface area contributed by atoms with Gasteiger partial charge in [-0.3, -0.25) is 4.79 Å². The van der Waals surface area contributed by atoms with Gasteiger partial charge in [0.05, 0.1) is 0 Å². The zero-order valence-electron chi connectivity index (χ0n) is 16.3. The molecule has 0 aliphatic heterocycles. The third-order valence-corrected chi connectivity index (χ3v) is 4.55.